The summed E-state index contributed by atoms with van der Waals surface area (Å²) >= 11 is 1.44. The van der Waals surface area contributed by atoms with E-state index in [0.717, 1.165) is 17.8 Å². The van der Waals surface area contributed by atoms with Gasteiger partial charge in [0.2, 0.25) is 5.95 Å². The van der Waals surface area contributed by atoms with Crippen LogP contribution >= 0.6 is 11.3 Å². The molecule has 2 heterocycles. The number of thiophene rings is 1. The van der Waals surface area contributed by atoms with Crippen LogP contribution in [0.4, 0.5) is 5.95 Å². The van der Waals surface area contributed by atoms with Crippen molar-refractivity contribution in [3.05, 3.63) is 40.8 Å². The van der Waals surface area contributed by atoms with Gasteiger partial charge in [-0.2, -0.15) is 0 Å². The van der Waals surface area contributed by atoms with Gasteiger partial charge in [-0.05, 0) is 23.9 Å². The largest absolute Gasteiger partial charge is 0.354 e. The van der Waals surface area contributed by atoms with Crippen LogP contribution in [0.2, 0.25) is 0 Å². The van der Waals surface area contributed by atoms with Crippen LogP contribution in [-0.2, 0) is 0 Å². The minimum atomic E-state index is -0.0130. The number of nitrogens with zero attached hydrogens (tertiary/aromatic N) is 2. The Balaban J connectivity index is 1.61. The van der Waals surface area contributed by atoms with E-state index in [2.05, 4.69) is 20.6 Å². The molecular weight excluding hydrogens is 248 g/mol. The normalized spacial score (nSPS) is 10.0. The SMILES string of the molecule is O=C(NCCCNc1ncccn1)c1cccs1. The average molecular weight is 262 g/mol. The van der Waals surface area contributed by atoms with Gasteiger partial charge in [0.15, 0.2) is 0 Å². The third kappa shape index (κ3) is 3.81. The minimum absolute atomic E-state index is 0.0130. The fourth-order valence-electron chi connectivity index (χ4n) is 1.38. The van der Waals surface area contributed by atoms with Crippen LogP contribution in [0, 0.1) is 0 Å². The summed E-state index contributed by atoms with van der Waals surface area (Å²) in [5.74, 6) is 0.600. The molecule has 0 fully saturated rings. The van der Waals surface area contributed by atoms with Gasteiger partial charge in [-0.1, -0.05) is 6.07 Å². The quantitative estimate of drug-likeness (QED) is 0.779. The van der Waals surface area contributed by atoms with Gasteiger partial charge in [-0.25, -0.2) is 9.97 Å². The third-order valence-corrected chi connectivity index (χ3v) is 3.10. The van der Waals surface area contributed by atoms with Crippen LogP contribution in [0.3, 0.4) is 0 Å². The summed E-state index contributed by atoms with van der Waals surface area (Å²) in [6.07, 6.45) is 4.21. The van der Waals surface area contributed by atoms with E-state index in [1.807, 2.05) is 17.5 Å². The highest BCUT2D eigenvalue weighted by Crippen LogP contribution is 2.07. The monoisotopic (exact) mass is 262 g/mol. The van der Waals surface area contributed by atoms with Crippen molar-refractivity contribution >= 4 is 23.2 Å². The highest BCUT2D eigenvalue weighted by atomic mass is 32.1. The van der Waals surface area contributed by atoms with E-state index < -0.39 is 0 Å². The van der Waals surface area contributed by atoms with Crippen LogP contribution in [0.5, 0.6) is 0 Å². The van der Waals surface area contributed by atoms with Gasteiger partial charge in [-0.3, -0.25) is 4.79 Å². The molecule has 0 radical (unpaired) electrons. The minimum Gasteiger partial charge on any atom is -0.354 e. The zero-order valence-corrected chi connectivity index (χ0v) is 10.6. The van der Waals surface area contributed by atoms with Crippen molar-refractivity contribution in [2.24, 2.45) is 0 Å². The lowest BCUT2D eigenvalue weighted by Gasteiger charge is -2.05. The van der Waals surface area contributed by atoms with Gasteiger partial charge in [-0.15, -0.1) is 11.3 Å². The first-order valence-electron chi connectivity index (χ1n) is 5.69. The van der Waals surface area contributed by atoms with Crippen molar-refractivity contribution < 1.29 is 4.79 Å². The molecule has 2 rings (SSSR count). The van der Waals surface area contributed by atoms with Crippen molar-refractivity contribution in [1.29, 1.82) is 0 Å². The van der Waals surface area contributed by atoms with E-state index >= 15 is 0 Å². The molecule has 0 aromatic carbocycles. The maximum Gasteiger partial charge on any atom is 0.261 e. The van der Waals surface area contributed by atoms with Crippen LogP contribution in [0.1, 0.15) is 16.1 Å². The Bertz CT molecular complexity index is 472. The third-order valence-electron chi connectivity index (χ3n) is 2.23. The maximum atomic E-state index is 11.6. The molecule has 2 aromatic rings. The predicted octanol–water partition coefficient (Wildman–Crippen LogP) is 1.77. The van der Waals surface area contributed by atoms with E-state index in [-0.39, 0.29) is 5.91 Å². The van der Waals surface area contributed by atoms with Crippen molar-refractivity contribution in [2.75, 3.05) is 18.4 Å². The number of amides is 1. The molecule has 0 spiro atoms. The van der Waals surface area contributed by atoms with Crippen LogP contribution < -0.4 is 10.6 Å². The maximum absolute atomic E-state index is 11.6. The number of nitrogens with one attached hydrogen (secondary N) is 2. The number of anilines is 1. The molecule has 0 aliphatic rings. The van der Waals surface area contributed by atoms with Crippen molar-refractivity contribution in [2.45, 2.75) is 6.42 Å². The second-order valence-corrected chi connectivity index (χ2v) is 4.53. The second-order valence-electron chi connectivity index (χ2n) is 3.59. The molecule has 2 N–H and O–H groups in total. The van der Waals surface area contributed by atoms with E-state index in [1.165, 1.54) is 11.3 Å². The highest BCUT2D eigenvalue weighted by Gasteiger charge is 2.04. The molecule has 94 valence electrons. The number of carbonyl (C=O) groups is 1. The Morgan fingerprint density at radius 3 is 2.78 bits per heavy atom. The molecule has 6 heteroatoms. The summed E-state index contributed by atoms with van der Waals surface area (Å²) in [7, 11) is 0. The first-order chi connectivity index (χ1) is 8.86. The number of carbonyl (C=O) groups excluding carboxylic acids is 1. The first-order valence-corrected chi connectivity index (χ1v) is 6.57. The molecule has 0 saturated heterocycles. The average Bonchev–Trinajstić information content (AvgIpc) is 2.93. The molecule has 18 heavy (non-hydrogen) atoms. The topological polar surface area (TPSA) is 66.9 Å². The number of hydrogen-bond donors (Lipinski definition) is 2. The summed E-state index contributed by atoms with van der Waals surface area (Å²) in [4.78, 5) is 20.4. The molecule has 0 aliphatic carbocycles. The van der Waals surface area contributed by atoms with Crippen LogP contribution in [0.25, 0.3) is 0 Å². The molecule has 0 atom stereocenters. The number of rotatable bonds is 6. The summed E-state index contributed by atoms with van der Waals surface area (Å²) in [6.45, 7) is 1.37. The van der Waals surface area contributed by atoms with Gasteiger partial charge < -0.3 is 10.6 Å². The second kappa shape index (κ2) is 6.70. The Hall–Kier alpha value is -1.95. The zero-order chi connectivity index (χ0) is 12.6. The molecule has 0 unspecified atom stereocenters. The predicted molar refractivity (Wildman–Crippen MR) is 71.8 cm³/mol. The van der Waals surface area contributed by atoms with E-state index in [0.29, 0.717) is 12.5 Å². The smallest absolute Gasteiger partial charge is 0.261 e. The summed E-state index contributed by atoms with van der Waals surface area (Å²) in [5.41, 5.74) is 0. The first kappa shape index (κ1) is 12.5. The van der Waals surface area contributed by atoms with Crippen molar-refractivity contribution in [1.82, 2.24) is 15.3 Å². The van der Waals surface area contributed by atoms with E-state index in [1.54, 1.807) is 18.5 Å². The fraction of sp³-hybridized carbons (Fsp3) is 0.250. The molecule has 0 aliphatic heterocycles. The van der Waals surface area contributed by atoms with E-state index in [4.69, 9.17) is 0 Å². The van der Waals surface area contributed by atoms with Gasteiger partial charge in [0, 0.05) is 25.5 Å². The molecule has 2 aromatic heterocycles. The molecule has 5 nitrogen and oxygen atoms in total. The fourth-order valence-corrected chi connectivity index (χ4v) is 2.02. The molecular formula is C12H14N4OS. The Morgan fingerprint density at radius 1 is 1.22 bits per heavy atom. The van der Waals surface area contributed by atoms with E-state index in [9.17, 15) is 4.79 Å². The lowest BCUT2D eigenvalue weighted by atomic mass is 10.4. The summed E-state index contributed by atoms with van der Waals surface area (Å²) < 4.78 is 0. The van der Waals surface area contributed by atoms with Gasteiger partial charge in [0.05, 0.1) is 4.88 Å². The van der Waals surface area contributed by atoms with Crippen LogP contribution in [0.15, 0.2) is 36.0 Å². The van der Waals surface area contributed by atoms with Gasteiger partial charge in [0.1, 0.15) is 0 Å². The standard InChI is InChI=1S/C12H14N4OS/c17-11(10-4-1-9-18-10)13-5-2-6-14-12-15-7-3-8-16-12/h1,3-4,7-9H,2,5-6H2,(H,13,17)(H,14,15,16). The lowest BCUT2D eigenvalue weighted by Crippen LogP contribution is -2.25. The van der Waals surface area contributed by atoms with Crippen LogP contribution in [-0.4, -0.2) is 29.0 Å². The highest BCUT2D eigenvalue weighted by molar-refractivity contribution is 7.12. The van der Waals surface area contributed by atoms with Crippen molar-refractivity contribution in [3.8, 4) is 0 Å². The molecule has 1 amide bonds. The Morgan fingerprint density at radius 2 is 2.06 bits per heavy atom. The molecule has 0 saturated carbocycles. The zero-order valence-electron chi connectivity index (χ0n) is 9.80. The summed E-state index contributed by atoms with van der Waals surface area (Å²) in [6, 6.07) is 5.45. The number of aromatic nitrogens is 2. The van der Waals surface area contributed by atoms with Gasteiger partial charge >= 0.3 is 0 Å². The lowest BCUT2D eigenvalue weighted by molar-refractivity contribution is 0.0957. The number of hydrogen-bond acceptors (Lipinski definition) is 5. The van der Waals surface area contributed by atoms with Crippen molar-refractivity contribution in [3.63, 3.8) is 0 Å². The molecule has 0 bridgehead atoms. The summed E-state index contributed by atoms with van der Waals surface area (Å²) in [5, 5.41) is 7.84. The Kier molecular flexibility index (Phi) is 4.66. The Labute approximate surface area is 109 Å². The van der Waals surface area contributed by atoms with Gasteiger partial charge in [0.25, 0.3) is 5.91 Å².